The third kappa shape index (κ3) is 5.11. The van der Waals surface area contributed by atoms with Crippen LogP contribution < -0.4 is 11.1 Å². The van der Waals surface area contributed by atoms with Gasteiger partial charge in [0.2, 0.25) is 5.91 Å². The fourth-order valence-corrected chi connectivity index (χ4v) is 5.18. The van der Waals surface area contributed by atoms with Gasteiger partial charge in [-0.15, -0.1) is 5.10 Å². The Morgan fingerprint density at radius 1 is 1.21 bits per heavy atom. The highest BCUT2D eigenvalue weighted by Crippen LogP contribution is 2.35. The Kier molecular flexibility index (Phi) is 5.62. The lowest BCUT2D eigenvalue weighted by Gasteiger charge is -2.46. The van der Waals surface area contributed by atoms with Crippen molar-refractivity contribution in [1.29, 1.82) is 0 Å². The number of aromatic nitrogens is 3. The second kappa shape index (κ2) is 7.41. The van der Waals surface area contributed by atoms with Gasteiger partial charge in [0.1, 0.15) is 5.69 Å². The van der Waals surface area contributed by atoms with Crippen LogP contribution in [-0.4, -0.2) is 50.0 Å². The predicted molar refractivity (Wildman–Crippen MR) is 111 cm³/mol. The molecule has 158 valence electrons. The second-order valence-electron chi connectivity index (χ2n) is 10.8. The Hall–Kier alpha value is -1.47. The van der Waals surface area contributed by atoms with Gasteiger partial charge in [0.05, 0.1) is 17.8 Å². The molecule has 3 rings (SSSR count). The van der Waals surface area contributed by atoms with E-state index in [4.69, 9.17) is 5.73 Å². The first-order valence-electron chi connectivity index (χ1n) is 10.6. The number of nitrogens with zero attached hydrogens (tertiary/aromatic N) is 4. The molecule has 0 radical (unpaired) electrons. The van der Waals surface area contributed by atoms with Crippen molar-refractivity contribution in [2.24, 2.45) is 11.7 Å². The zero-order valence-electron chi connectivity index (χ0n) is 18.5. The SMILES string of the molecule is CC1(C)CC(CC(=O)N2CCC(n3cc(C(C)(C)N)nn3)CC2)CC(C)(C)N1. The minimum Gasteiger partial charge on any atom is -0.343 e. The molecule has 2 aliphatic rings. The molecule has 1 amide bonds. The van der Waals surface area contributed by atoms with E-state index in [0.717, 1.165) is 44.5 Å². The monoisotopic (exact) mass is 390 g/mol. The molecule has 3 heterocycles. The predicted octanol–water partition coefficient (Wildman–Crippen LogP) is 2.58. The van der Waals surface area contributed by atoms with Crippen LogP contribution in [0.5, 0.6) is 0 Å². The molecule has 0 unspecified atom stereocenters. The quantitative estimate of drug-likeness (QED) is 0.825. The van der Waals surface area contributed by atoms with Gasteiger partial charge in [-0.3, -0.25) is 4.79 Å². The Bertz CT molecular complexity index is 678. The number of likely N-dealkylation sites (tertiary alicyclic amines) is 1. The lowest BCUT2D eigenvalue weighted by molar-refractivity contribution is -0.134. The van der Waals surface area contributed by atoms with Crippen molar-refractivity contribution in [3.8, 4) is 0 Å². The average Bonchev–Trinajstić information content (AvgIpc) is 3.02. The number of carbonyl (C=O) groups is 1. The van der Waals surface area contributed by atoms with Crippen LogP contribution in [0.1, 0.15) is 85.4 Å². The maximum atomic E-state index is 12.9. The average molecular weight is 391 g/mol. The number of carbonyl (C=O) groups excluding carboxylic acids is 1. The van der Waals surface area contributed by atoms with Gasteiger partial charge in [-0.2, -0.15) is 0 Å². The molecular weight excluding hydrogens is 352 g/mol. The van der Waals surface area contributed by atoms with Gasteiger partial charge < -0.3 is 16.0 Å². The zero-order valence-corrected chi connectivity index (χ0v) is 18.5. The summed E-state index contributed by atoms with van der Waals surface area (Å²) < 4.78 is 1.93. The smallest absolute Gasteiger partial charge is 0.222 e. The molecule has 0 spiro atoms. The summed E-state index contributed by atoms with van der Waals surface area (Å²) >= 11 is 0. The minimum atomic E-state index is -0.481. The highest BCUT2D eigenvalue weighted by molar-refractivity contribution is 5.76. The van der Waals surface area contributed by atoms with Crippen molar-refractivity contribution < 1.29 is 4.79 Å². The standard InChI is InChI=1S/C21H38N6O/c1-19(2)12-15(13-20(3,4)24-19)11-18(28)26-9-7-16(8-10-26)27-14-17(23-25-27)21(5,6)22/h14-16,24H,7-13,22H2,1-6H3. The van der Waals surface area contributed by atoms with E-state index in [1.54, 1.807) is 0 Å². The van der Waals surface area contributed by atoms with Crippen LogP contribution in [0.4, 0.5) is 0 Å². The van der Waals surface area contributed by atoms with Crippen molar-refractivity contribution in [2.45, 2.75) is 96.3 Å². The van der Waals surface area contributed by atoms with E-state index in [1.807, 2.05) is 29.6 Å². The summed E-state index contributed by atoms with van der Waals surface area (Å²) in [5.74, 6) is 0.750. The number of rotatable bonds is 4. The summed E-state index contributed by atoms with van der Waals surface area (Å²) in [7, 11) is 0. The van der Waals surface area contributed by atoms with E-state index in [1.165, 1.54) is 0 Å². The Morgan fingerprint density at radius 3 is 2.29 bits per heavy atom. The van der Waals surface area contributed by atoms with Gasteiger partial charge in [-0.05, 0) is 73.1 Å². The first kappa shape index (κ1) is 21.2. The van der Waals surface area contributed by atoms with Gasteiger partial charge in [-0.25, -0.2) is 4.68 Å². The molecule has 0 atom stereocenters. The van der Waals surface area contributed by atoms with Crippen LogP contribution in [0.2, 0.25) is 0 Å². The van der Waals surface area contributed by atoms with Crippen molar-refractivity contribution in [2.75, 3.05) is 13.1 Å². The van der Waals surface area contributed by atoms with E-state index >= 15 is 0 Å². The van der Waals surface area contributed by atoms with Crippen LogP contribution in [0.25, 0.3) is 0 Å². The molecule has 0 bridgehead atoms. The van der Waals surface area contributed by atoms with Gasteiger partial charge in [-0.1, -0.05) is 5.21 Å². The Morgan fingerprint density at radius 2 is 1.79 bits per heavy atom. The summed E-state index contributed by atoms with van der Waals surface area (Å²) in [5, 5.41) is 12.2. The van der Waals surface area contributed by atoms with Crippen molar-refractivity contribution in [3.05, 3.63) is 11.9 Å². The third-order valence-corrected chi connectivity index (χ3v) is 6.10. The summed E-state index contributed by atoms with van der Waals surface area (Å²) in [4.78, 5) is 15.0. The highest BCUT2D eigenvalue weighted by atomic mass is 16.2. The third-order valence-electron chi connectivity index (χ3n) is 6.10. The molecule has 2 aliphatic heterocycles. The molecule has 3 N–H and O–H groups in total. The van der Waals surface area contributed by atoms with Gasteiger partial charge in [0.15, 0.2) is 0 Å². The van der Waals surface area contributed by atoms with Crippen LogP contribution in [0.3, 0.4) is 0 Å². The fraction of sp³-hybridized carbons (Fsp3) is 0.857. The summed E-state index contributed by atoms with van der Waals surface area (Å²) in [6.07, 6.45) is 6.56. The molecular formula is C21H38N6O. The molecule has 7 heteroatoms. The number of piperidine rings is 2. The molecule has 1 aromatic heterocycles. The minimum absolute atomic E-state index is 0.0846. The van der Waals surface area contributed by atoms with E-state index < -0.39 is 5.54 Å². The van der Waals surface area contributed by atoms with Crippen LogP contribution in [-0.2, 0) is 10.3 Å². The van der Waals surface area contributed by atoms with Crippen LogP contribution in [0.15, 0.2) is 6.20 Å². The maximum absolute atomic E-state index is 12.9. The second-order valence-corrected chi connectivity index (χ2v) is 10.8. The maximum Gasteiger partial charge on any atom is 0.222 e. The molecule has 7 nitrogen and oxygen atoms in total. The molecule has 0 aliphatic carbocycles. The molecule has 1 aromatic rings. The topological polar surface area (TPSA) is 89.1 Å². The molecule has 28 heavy (non-hydrogen) atoms. The largest absolute Gasteiger partial charge is 0.343 e. The number of amides is 1. The summed E-state index contributed by atoms with van der Waals surface area (Å²) in [6.45, 7) is 14.4. The zero-order chi connectivity index (χ0) is 20.7. The molecule has 0 saturated carbocycles. The van der Waals surface area contributed by atoms with E-state index in [0.29, 0.717) is 24.3 Å². The van der Waals surface area contributed by atoms with Crippen molar-refractivity contribution in [1.82, 2.24) is 25.2 Å². The summed E-state index contributed by atoms with van der Waals surface area (Å²) in [6, 6.07) is 0.296. The Labute approximate surface area is 169 Å². The number of hydrogen-bond acceptors (Lipinski definition) is 5. The first-order valence-corrected chi connectivity index (χ1v) is 10.6. The van der Waals surface area contributed by atoms with Crippen molar-refractivity contribution in [3.63, 3.8) is 0 Å². The van der Waals surface area contributed by atoms with E-state index in [9.17, 15) is 4.79 Å². The number of nitrogens with two attached hydrogens (primary N) is 1. The van der Waals surface area contributed by atoms with E-state index in [-0.39, 0.29) is 11.1 Å². The lowest BCUT2D eigenvalue weighted by atomic mass is 9.74. The number of nitrogens with one attached hydrogen (secondary N) is 1. The van der Waals surface area contributed by atoms with Crippen molar-refractivity contribution >= 4 is 5.91 Å². The fourth-order valence-electron chi connectivity index (χ4n) is 5.18. The number of hydrogen-bond donors (Lipinski definition) is 2. The molecule has 2 saturated heterocycles. The van der Waals surface area contributed by atoms with Crippen LogP contribution >= 0.6 is 0 Å². The molecule has 2 fully saturated rings. The Balaban J connectivity index is 1.53. The molecule has 0 aromatic carbocycles. The van der Waals surface area contributed by atoms with Crippen LogP contribution in [0, 0.1) is 5.92 Å². The summed E-state index contributed by atoms with van der Waals surface area (Å²) in [5.41, 5.74) is 6.61. The normalized spacial score (nSPS) is 23.8. The van der Waals surface area contributed by atoms with Gasteiger partial charge in [0, 0.05) is 30.6 Å². The lowest BCUT2D eigenvalue weighted by Crippen LogP contribution is -2.58. The first-order chi connectivity index (χ1) is 12.8. The van der Waals surface area contributed by atoms with Gasteiger partial charge >= 0.3 is 0 Å². The highest BCUT2D eigenvalue weighted by Gasteiger charge is 2.39. The van der Waals surface area contributed by atoms with E-state index in [2.05, 4.69) is 43.3 Å². The van der Waals surface area contributed by atoms with Gasteiger partial charge in [0.25, 0.3) is 0 Å².